The lowest BCUT2D eigenvalue weighted by atomic mass is 10.0. The van der Waals surface area contributed by atoms with Gasteiger partial charge in [-0.15, -0.1) is 0 Å². The lowest BCUT2D eigenvalue weighted by molar-refractivity contribution is 0.0534. The van der Waals surface area contributed by atoms with E-state index in [1.807, 2.05) is 0 Å². The van der Waals surface area contributed by atoms with Crippen LogP contribution in [0.25, 0.3) is 0 Å². The number of hydrogen-bond donors (Lipinski definition) is 1. The van der Waals surface area contributed by atoms with Crippen molar-refractivity contribution in [1.82, 2.24) is 5.48 Å². The summed E-state index contributed by atoms with van der Waals surface area (Å²) in [5, 5.41) is 0. The highest BCUT2D eigenvalue weighted by atomic mass is 79.9. The molecule has 1 unspecified atom stereocenters. The first-order chi connectivity index (χ1) is 7.15. The fraction of sp³-hybridized carbons (Fsp3) is 0.455. The van der Waals surface area contributed by atoms with E-state index in [0.29, 0.717) is 6.61 Å². The normalized spacial score (nSPS) is 18.8. The summed E-state index contributed by atoms with van der Waals surface area (Å²) in [7, 11) is 1.62. The molecular formula is C11H14BrNO2. The maximum Gasteiger partial charge on any atom is 0.125 e. The molecule has 4 heteroatoms. The van der Waals surface area contributed by atoms with Gasteiger partial charge in [-0.1, -0.05) is 15.9 Å². The van der Waals surface area contributed by atoms with Gasteiger partial charge in [0, 0.05) is 10.0 Å². The molecular weight excluding hydrogens is 258 g/mol. The first-order valence-electron chi connectivity index (χ1n) is 4.86. The molecule has 0 aromatic heterocycles. The highest BCUT2D eigenvalue weighted by Gasteiger charge is 2.27. The van der Waals surface area contributed by atoms with Crippen LogP contribution < -0.4 is 10.2 Å². The van der Waals surface area contributed by atoms with Gasteiger partial charge in [0.25, 0.3) is 0 Å². The molecule has 1 aliphatic rings. The SMILES string of the molecule is CONC1COc2cc(C)c(Br)c(C)c21. The minimum absolute atomic E-state index is 0.127. The Labute approximate surface area is 97.8 Å². The van der Waals surface area contributed by atoms with E-state index < -0.39 is 0 Å². The van der Waals surface area contributed by atoms with E-state index in [1.165, 1.54) is 16.7 Å². The molecule has 1 aliphatic heterocycles. The molecule has 15 heavy (non-hydrogen) atoms. The monoisotopic (exact) mass is 271 g/mol. The van der Waals surface area contributed by atoms with Crippen LogP contribution in [0.2, 0.25) is 0 Å². The van der Waals surface area contributed by atoms with Gasteiger partial charge in [0.2, 0.25) is 0 Å². The molecule has 1 N–H and O–H groups in total. The first kappa shape index (κ1) is 10.9. The fourth-order valence-electron chi connectivity index (χ4n) is 1.98. The lowest BCUT2D eigenvalue weighted by Gasteiger charge is -2.13. The molecule has 0 saturated carbocycles. The Morgan fingerprint density at radius 3 is 2.93 bits per heavy atom. The summed E-state index contributed by atoms with van der Waals surface area (Å²) in [6.45, 7) is 4.78. The molecule has 0 aliphatic carbocycles. The summed E-state index contributed by atoms with van der Waals surface area (Å²) in [4.78, 5) is 4.96. The van der Waals surface area contributed by atoms with E-state index in [-0.39, 0.29) is 6.04 Å². The number of nitrogens with one attached hydrogen (secondary N) is 1. The van der Waals surface area contributed by atoms with Crippen molar-refractivity contribution < 1.29 is 9.57 Å². The predicted octanol–water partition coefficient (Wildman–Crippen LogP) is 2.65. The van der Waals surface area contributed by atoms with Gasteiger partial charge in [-0.25, -0.2) is 0 Å². The minimum Gasteiger partial charge on any atom is -0.491 e. The van der Waals surface area contributed by atoms with Crippen LogP contribution in [0.4, 0.5) is 0 Å². The van der Waals surface area contributed by atoms with E-state index in [1.54, 1.807) is 7.11 Å². The molecule has 0 radical (unpaired) electrons. The highest BCUT2D eigenvalue weighted by Crippen LogP contribution is 2.39. The van der Waals surface area contributed by atoms with Crippen molar-refractivity contribution in [3.63, 3.8) is 0 Å². The molecule has 2 rings (SSSR count). The summed E-state index contributed by atoms with van der Waals surface area (Å²) < 4.78 is 6.76. The third kappa shape index (κ3) is 1.77. The van der Waals surface area contributed by atoms with E-state index in [0.717, 1.165) is 10.2 Å². The van der Waals surface area contributed by atoms with Gasteiger partial charge in [-0.3, -0.25) is 0 Å². The van der Waals surface area contributed by atoms with Crippen LogP contribution >= 0.6 is 15.9 Å². The maximum absolute atomic E-state index is 5.62. The first-order valence-corrected chi connectivity index (χ1v) is 5.65. The summed E-state index contributed by atoms with van der Waals surface area (Å²) in [5.41, 5.74) is 6.55. The van der Waals surface area contributed by atoms with Crippen molar-refractivity contribution in [2.45, 2.75) is 19.9 Å². The van der Waals surface area contributed by atoms with E-state index in [9.17, 15) is 0 Å². The minimum atomic E-state index is 0.127. The third-order valence-electron chi connectivity index (χ3n) is 2.71. The Kier molecular flexibility index (Phi) is 3.00. The zero-order valence-corrected chi connectivity index (χ0v) is 10.6. The van der Waals surface area contributed by atoms with Gasteiger partial charge in [-0.05, 0) is 31.0 Å². The largest absolute Gasteiger partial charge is 0.491 e. The number of rotatable bonds is 2. The molecule has 82 valence electrons. The average molecular weight is 272 g/mol. The Morgan fingerprint density at radius 1 is 1.53 bits per heavy atom. The Bertz CT molecular complexity index is 393. The molecule has 1 heterocycles. The van der Waals surface area contributed by atoms with Crippen molar-refractivity contribution in [2.75, 3.05) is 13.7 Å². The van der Waals surface area contributed by atoms with E-state index in [2.05, 4.69) is 41.3 Å². The standard InChI is InChI=1S/C11H14BrNO2/c1-6-4-9-10(7(2)11(6)12)8(5-15-9)13-14-3/h4,8,13H,5H2,1-3H3. The van der Waals surface area contributed by atoms with Crippen LogP contribution in [0.15, 0.2) is 10.5 Å². The fourth-order valence-corrected chi connectivity index (χ4v) is 2.31. The van der Waals surface area contributed by atoms with Crippen LogP contribution in [0, 0.1) is 13.8 Å². The predicted molar refractivity (Wildman–Crippen MR) is 62.0 cm³/mol. The molecule has 0 spiro atoms. The molecule has 0 amide bonds. The molecule has 1 atom stereocenters. The Balaban J connectivity index is 2.48. The smallest absolute Gasteiger partial charge is 0.125 e. The second-order valence-electron chi connectivity index (χ2n) is 3.73. The van der Waals surface area contributed by atoms with Gasteiger partial charge >= 0.3 is 0 Å². The van der Waals surface area contributed by atoms with Crippen molar-refractivity contribution in [3.8, 4) is 5.75 Å². The second kappa shape index (κ2) is 4.12. The van der Waals surface area contributed by atoms with Crippen molar-refractivity contribution in [2.24, 2.45) is 0 Å². The summed E-state index contributed by atoms with van der Waals surface area (Å²) in [6.07, 6.45) is 0. The molecule has 0 bridgehead atoms. The van der Waals surface area contributed by atoms with Crippen molar-refractivity contribution in [3.05, 3.63) is 27.2 Å². The number of halogens is 1. The number of fused-ring (bicyclic) bond motifs is 1. The number of hydroxylamine groups is 1. The quantitative estimate of drug-likeness (QED) is 0.839. The third-order valence-corrected chi connectivity index (χ3v) is 3.93. The zero-order valence-electron chi connectivity index (χ0n) is 9.06. The molecule has 0 fully saturated rings. The molecule has 3 nitrogen and oxygen atoms in total. The topological polar surface area (TPSA) is 30.5 Å². The van der Waals surface area contributed by atoms with Crippen LogP contribution in [0.1, 0.15) is 22.7 Å². The lowest BCUT2D eigenvalue weighted by Crippen LogP contribution is -2.21. The number of aryl methyl sites for hydroxylation is 1. The van der Waals surface area contributed by atoms with Gasteiger partial charge in [0.1, 0.15) is 12.4 Å². The second-order valence-corrected chi connectivity index (χ2v) is 4.52. The Morgan fingerprint density at radius 2 is 2.27 bits per heavy atom. The number of hydrogen-bond acceptors (Lipinski definition) is 3. The maximum atomic E-state index is 5.62. The number of benzene rings is 1. The van der Waals surface area contributed by atoms with Crippen LogP contribution in [-0.2, 0) is 4.84 Å². The zero-order chi connectivity index (χ0) is 11.0. The van der Waals surface area contributed by atoms with Crippen molar-refractivity contribution >= 4 is 15.9 Å². The number of ether oxygens (including phenoxy) is 1. The van der Waals surface area contributed by atoms with Crippen LogP contribution in [-0.4, -0.2) is 13.7 Å². The van der Waals surface area contributed by atoms with Gasteiger partial charge in [-0.2, -0.15) is 5.48 Å². The molecule has 1 aromatic carbocycles. The average Bonchev–Trinajstić information content (AvgIpc) is 2.59. The van der Waals surface area contributed by atoms with Crippen LogP contribution in [0.5, 0.6) is 5.75 Å². The molecule has 0 saturated heterocycles. The molecule has 1 aromatic rings. The summed E-state index contributed by atoms with van der Waals surface area (Å²) >= 11 is 3.59. The van der Waals surface area contributed by atoms with E-state index >= 15 is 0 Å². The summed E-state index contributed by atoms with van der Waals surface area (Å²) in [6, 6.07) is 2.19. The summed E-state index contributed by atoms with van der Waals surface area (Å²) in [5.74, 6) is 0.961. The highest BCUT2D eigenvalue weighted by molar-refractivity contribution is 9.10. The van der Waals surface area contributed by atoms with Gasteiger partial charge < -0.3 is 9.57 Å². The van der Waals surface area contributed by atoms with E-state index in [4.69, 9.17) is 9.57 Å². The van der Waals surface area contributed by atoms with Gasteiger partial charge in [0.15, 0.2) is 0 Å². The van der Waals surface area contributed by atoms with Crippen molar-refractivity contribution in [1.29, 1.82) is 0 Å². The Hall–Kier alpha value is -0.580. The van der Waals surface area contributed by atoms with Gasteiger partial charge in [0.05, 0.1) is 13.2 Å². The van der Waals surface area contributed by atoms with Crippen LogP contribution in [0.3, 0.4) is 0 Å².